The molecule has 0 heterocycles. The molecule has 0 bridgehead atoms. The zero-order valence-electron chi connectivity index (χ0n) is 18.5. The first-order valence-electron chi connectivity index (χ1n) is 9.77. The highest BCUT2D eigenvalue weighted by Gasteiger charge is 2.10. The summed E-state index contributed by atoms with van der Waals surface area (Å²) >= 11 is 0. The molecule has 0 amide bonds. The highest BCUT2D eigenvalue weighted by atomic mass is 127. The molecule has 0 saturated heterocycles. The molecule has 0 atom stereocenters. The van der Waals surface area contributed by atoms with Gasteiger partial charge in [0.15, 0.2) is 17.5 Å². The third kappa shape index (κ3) is 9.21. The quantitative estimate of drug-likeness (QED) is 0.289. The molecule has 2 rings (SSSR count). The van der Waals surface area contributed by atoms with Gasteiger partial charge in [-0.15, -0.1) is 24.0 Å². The van der Waals surface area contributed by atoms with Gasteiger partial charge in [0.2, 0.25) is 0 Å². The van der Waals surface area contributed by atoms with Crippen molar-refractivity contribution in [1.29, 1.82) is 0 Å². The van der Waals surface area contributed by atoms with E-state index in [9.17, 15) is 0 Å². The van der Waals surface area contributed by atoms with Crippen LogP contribution in [-0.4, -0.2) is 32.3 Å². The number of rotatable bonds is 9. The van der Waals surface area contributed by atoms with Gasteiger partial charge in [0, 0.05) is 6.54 Å². The fourth-order valence-electron chi connectivity index (χ4n) is 2.72. The fraction of sp³-hybridized carbons (Fsp3) is 0.435. The Morgan fingerprint density at radius 3 is 2.33 bits per heavy atom. The Labute approximate surface area is 197 Å². The van der Waals surface area contributed by atoms with Gasteiger partial charge < -0.3 is 25.3 Å². The largest absolute Gasteiger partial charge is 0.493 e. The fourth-order valence-corrected chi connectivity index (χ4v) is 2.72. The van der Waals surface area contributed by atoms with Crippen molar-refractivity contribution in [2.75, 3.05) is 20.8 Å². The van der Waals surface area contributed by atoms with E-state index in [-0.39, 0.29) is 29.6 Å². The molecule has 0 aromatic heterocycles. The molecule has 0 unspecified atom stereocenters. The van der Waals surface area contributed by atoms with Crippen LogP contribution in [0.15, 0.2) is 47.5 Å². The van der Waals surface area contributed by atoms with Crippen LogP contribution in [0, 0.1) is 0 Å². The summed E-state index contributed by atoms with van der Waals surface area (Å²) in [6.45, 7) is 7.95. The SMILES string of the molecule is COc1ccc(CCNC(N)=NCc2cccc(COC(C)(C)C)c2)cc1OC.I. The highest BCUT2D eigenvalue weighted by molar-refractivity contribution is 14.0. The minimum absolute atomic E-state index is 0. The predicted octanol–water partition coefficient (Wildman–Crippen LogP) is 4.28. The Morgan fingerprint density at radius 2 is 1.67 bits per heavy atom. The van der Waals surface area contributed by atoms with Gasteiger partial charge in [-0.3, -0.25) is 0 Å². The van der Waals surface area contributed by atoms with Crippen LogP contribution in [0.25, 0.3) is 0 Å². The molecular formula is C23H34IN3O3. The predicted molar refractivity (Wildman–Crippen MR) is 133 cm³/mol. The Kier molecular flexibility index (Phi) is 11.0. The molecule has 2 aromatic rings. The number of ether oxygens (including phenoxy) is 3. The zero-order chi connectivity index (χ0) is 21.3. The molecule has 7 heteroatoms. The van der Waals surface area contributed by atoms with E-state index < -0.39 is 0 Å². The molecule has 2 aromatic carbocycles. The van der Waals surface area contributed by atoms with Crippen LogP contribution in [0.2, 0.25) is 0 Å². The first kappa shape index (κ1) is 26.0. The second-order valence-corrected chi connectivity index (χ2v) is 7.79. The number of guanidine groups is 1. The second kappa shape index (κ2) is 12.6. The summed E-state index contributed by atoms with van der Waals surface area (Å²) in [7, 11) is 3.26. The van der Waals surface area contributed by atoms with E-state index in [1.54, 1.807) is 14.2 Å². The van der Waals surface area contributed by atoms with Crippen molar-refractivity contribution in [2.45, 2.75) is 45.9 Å². The minimum Gasteiger partial charge on any atom is -0.493 e. The van der Waals surface area contributed by atoms with Crippen molar-refractivity contribution in [3.63, 3.8) is 0 Å². The number of nitrogens with zero attached hydrogens (tertiary/aromatic N) is 1. The maximum absolute atomic E-state index is 6.01. The van der Waals surface area contributed by atoms with Gasteiger partial charge in [-0.1, -0.05) is 30.3 Å². The summed E-state index contributed by atoms with van der Waals surface area (Å²) in [6, 6.07) is 14.1. The smallest absolute Gasteiger partial charge is 0.188 e. The van der Waals surface area contributed by atoms with Gasteiger partial charge >= 0.3 is 0 Å². The van der Waals surface area contributed by atoms with Gasteiger partial charge in [-0.05, 0) is 56.0 Å². The molecule has 0 aliphatic rings. The van der Waals surface area contributed by atoms with Crippen molar-refractivity contribution in [3.8, 4) is 11.5 Å². The number of benzene rings is 2. The van der Waals surface area contributed by atoms with E-state index in [2.05, 4.69) is 43.2 Å². The molecule has 30 heavy (non-hydrogen) atoms. The van der Waals surface area contributed by atoms with Crippen LogP contribution in [0.5, 0.6) is 11.5 Å². The summed E-state index contributed by atoms with van der Waals surface area (Å²) in [5, 5.41) is 3.16. The van der Waals surface area contributed by atoms with E-state index >= 15 is 0 Å². The lowest BCUT2D eigenvalue weighted by Crippen LogP contribution is -2.33. The number of hydrogen-bond donors (Lipinski definition) is 2. The van der Waals surface area contributed by atoms with E-state index in [1.165, 1.54) is 0 Å². The maximum atomic E-state index is 6.01. The topological polar surface area (TPSA) is 78.1 Å². The lowest BCUT2D eigenvalue weighted by atomic mass is 10.1. The van der Waals surface area contributed by atoms with Gasteiger partial charge in [0.05, 0.1) is 33.0 Å². The highest BCUT2D eigenvalue weighted by Crippen LogP contribution is 2.27. The summed E-state index contributed by atoms with van der Waals surface area (Å²) in [4.78, 5) is 4.43. The molecule has 0 radical (unpaired) electrons. The van der Waals surface area contributed by atoms with Crippen LogP contribution in [0.3, 0.4) is 0 Å². The normalized spacial score (nSPS) is 11.6. The number of methoxy groups -OCH3 is 2. The molecule has 166 valence electrons. The Bertz CT molecular complexity index is 820. The number of aliphatic imine (C=N–C) groups is 1. The van der Waals surface area contributed by atoms with E-state index in [0.29, 0.717) is 25.7 Å². The monoisotopic (exact) mass is 527 g/mol. The number of hydrogen-bond acceptors (Lipinski definition) is 4. The van der Waals surface area contributed by atoms with Crippen LogP contribution in [0.4, 0.5) is 0 Å². The van der Waals surface area contributed by atoms with Gasteiger partial charge in [0.1, 0.15) is 0 Å². The summed E-state index contributed by atoms with van der Waals surface area (Å²) in [6.07, 6.45) is 0.802. The average Bonchev–Trinajstić information content (AvgIpc) is 2.70. The van der Waals surface area contributed by atoms with Crippen molar-refractivity contribution in [2.24, 2.45) is 10.7 Å². The minimum atomic E-state index is -0.156. The van der Waals surface area contributed by atoms with Crippen molar-refractivity contribution >= 4 is 29.9 Å². The Hall–Kier alpha value is -2.00. The molecule has 0 saturated carbocycles. The third-order valence-electron chi connectivity index (χ3n) is 4.26. The zero-order valence-corrected chi connectivity index (χ0v) is 20.9. The molecule has 0 spiro atoms. The third-order valence-corrected chi connectivity index (χ3v) is 4.26. The van der Waals surface area contributed by atoms with Crippen molar-refractivity contribution in [1.82, 2.24) is 5.32 Å². The molecule has 0 aliphatic heterocycles. The molecule has 0 aliphatic carbocycles. The standard InChI is InChI=1S/C23H33N3O3.HI/c1-23(2,3)29-16-19-8-6-7-18(13-19)15-26-22(24)25-12-11-17-9-10-20(27-4)21(14-17)28-5;/h6-10,13-14H,11-12,15-16H2,1-5H3,(H3,24,25,26);1H. The van der Waals surface area contributed by atoms with Gasteiger partial charge in [-0.25, -0.2) is 4.99 Å². The van der Waals surface area contributed by atoms with Gasteiger partial charge in [0.25, 0.3) is 0 Å². The maximum Gasteiger partial charge on any atom is 0.188 e. The summed E-state index contributed by atoms with van der Waals surface area (Å²) in [5.74, 6) is 1.88. The molecular weight excluding hydrogens is 493 g/mol. The van der Waals surface area contributed by atoms with Crippen LogP contribution in [0.1, 0.15) is 37.5 Å². The summed E-state index contributed by atoms with van der Waals surface area (Å²) in [5.41, 5.74) is 9.22. The molecule has 0 fully saturated rings. The number of nitrogens with one attached hydrogen (secondary N) is 1. The lowest BCUT2D eigenvalue weighted by molar-refractivity contribution is -0.0149. The number of nitrogens with two attached hydrogens (primary N) is 1. The summed E-state index contributed by atoms with van der Waals surface area (Å²) < 4.78 is 16.4. The average molecular weight is 527 g/mol. The van der Waals surface area contributed by atoms with Crippen LogP contribution in [-0.2, 0) is 24.3 Å². The van der Waals surface area contributed by atoms with E-state index in [4.69, 9.17) is 19.9 Å². The lowest BCUT2D eigenvalue weighted by Gasteiger charge is -2.19. The molecule has 6 nitrogen and oxygen atoms in total. The van der Waals surface area contributed by atoms with Crippen molar-refractivity contribution in [3.05, 3.63) is 59.2 Å². The van der Waals surface area contributed by atoms with E-state index in [1.807, 2.05) is 30.3 Å². The van der Waals surface area contributed by atoms with E-state index in [0.717, 1.165) is 34.6 Å². The van der Waals surface area contributed by atoms with Crippen molar-refractivity contribution < 1.29 is 14.2 Å². The first-order valence-corrected chi connectivity index (χ1v) is 9.77. The Balaban J connectivity index is 0.00000450. The van der Waals surface area contributed by atoms with Crippen LogP contribution >= 0.6 is 24.0 Å². The second-order valence-electron chi connectivity index (χ2n) is 7.79. The molecule has 3 N–H and O–H groups in total. The first-order chi connectivity index (χ1) is 13.8. The number of halogens is 1. The van der Waals surface area contributed by atoms with Gasteiger partial charge in [-0.2, -0.15) is 0 Å². The van der Waals surface area contributed by atoms with Crippen LogP contribution < -0.4 is 20.5 Å². The Morgan fingerprint density at radius 1 is 0.967 bits per heavy atom.